The SMILES string of the molecule is CC(C)OC(=O)OC1SCC(Cl)C1=NO. The molecule has 1 heterocycles. The van der Waals surface area contributed by atoms with E-state index in [9.17, 15) is 4.79 Å². The van der Waals surface area contributed by atoms with E-state index in [4.69, 9.17) is 26.3 Å². The molecule has 1 N–H and O–H groups in total. The zero-order chi connectivity index (χ0) is 11.4. The lowest BCUT2D eigenvalue weighted by Gasteiger charge is -2.13. The maximum atomic E-state index is 11.1. The third-order valence-electron chi connectivity index (χ3n) is 1.61. The number of oxime groups is 1. The Morgan fingerprint density at radius 1 is 1.73 bits per heavy atom. The van der Waals surface area contributed by atoms with Gasteiger partial charge in [0.25, 0.3) is 0 Å². The van der Waals surface area contributed by atoms with E-state index in [-0.39, 0.29) is 11.8 Å². The number of alkyl halides is 1. The maximum Gasteiger partial charge on any atom is 0.510 e. The van der Waals surface area contributed by atoms with Crippen LogP contribution in [-0.2, 0) is 9.47 Å². The Hall–Kier alpha value is -0.620. The predicted molar refractivity (Wildman–Crippen MR) is 57.8 cm³/mol. The number of carbonyl (C=O) groups excluding carboxylic acids is 1. The van der Waals surface area contributed by atoms with E-state index in [1.165, 1.54) is 11.8 Å². The molecule has 1 saturated heterocycles. The number of rotatable bonds is 2. The summed E-state index contributed by atoms with van der Waals surface area (Å²) in [6.07, 6.45) is -1.03. The summed E-state index contributed by atoms with van der Waals surface area (Å²) in [6.45, 7) is 3.43. The molecular weight excluding hydrogens is 242 g/mol. The van der Waals surface area contributed by atoms with Gasteiger partial charge in [-0.3, -0.25) is 0 Å². The molecule has 2 unspecified atom stereocenters. The minimum absolute atomic E-state index is 0.245. The van der Waals surface area contributed by atoms with Crippen LogP contribution in [0.15, 0.2) is 5.16 Å². The van der Waals surface area contributed by atoms with Gasteiger partial charge >= 0.3 is 6.16 Å². The van der Waals surface area contributed by atoms with Crippen molar-refractivity contribution in [2.75, 3.05) is 5.75 Å². The second-order valence-corrected chi connectivity index (χ2v) is 4.81. The molecule has 0 aliphatic carbocycles. The molecule has 86 valence electrons. The summed E-state index contributed by atoms with van der Waals surface area (Å²) in [5.74, 6) is 0.542. The number of hydrogen-bond donors (Lipinski definition) is 1. The van der Waals surface area contributed by atoms with Crippen LogP contribution in [0.25, 0.3) is 0 Å². The molecule has 1 rings (SSSR count). The molecule has 0 amide bonds. The lowest BCUT2D eigenvalue weighted by molar-refractivity contribution is 0.0381. The summed E-state index contributed by atoms with van der Waals surface area (Å²) in [5.41, 5.74) is -0.397. The first-order valence-corrected chi connectivity index (χ1v) is 5.88. The van der Waals surface area contributed by atoms with Gasteiger partial charge in [-0.05, 0) is 13.8 Å². The molecule has 7 heteroatoms. The molecule has 0 radical (unpaired) electrons. The van der Waals surface area contributed by atoms with E-state index >= 15 is 0 Å². The first-order chi connectivity index (χ1) is 7.04. The van der Waals surface area contributed by atoms with Crippen LogP contribution in [0.1, 0.15) is 13.8 Å². The molecular formula is C8H12ClNO4S. The highest BCUT2D eigenvalue weighted by atomic mass is 35.5. The van der Waals surface area contributed by atoms with E-state index in [0.29, 0.717) is 5.75 Å². The zero-order valence-corrected chi connectivity index (χ0v) is 9.92. The van der Waals surface area contributed by atoms with Crippen LogP contribution in [0.4, 0.5) is 4.79 Å². The van der Waals surface area contributed by atoms with E-state index in [2.05, 4.69) is 5.16 Å². The second-order valence-electron chi connectivity index (χ2n) is 3.19. The molecule has 0 saturated carbocycles. The third kappa shape index (κ3) is 3.46. The van der Waals surface area contributed by atoms with Crippen molar-refractivity contribution in [2.24, 2.45) is 5.16 Å². The lowest BCUT2D eigenvalue weighted by atomic mass is 10.3. The first kappa shape index (κ1) is 12.4. The number of halogens is 1. The van der Waals surface area contributed by atoms with Gasteiger partial charge in [-0.25, -0.2) is 4.79 Å². The Morgan fingerprint density at radius 2 is 2.40 bits per heavy atom. The van der Waals surface area contributed by atoms with Crippen molar-refractivity contribution in [3.63, 3.8) is 0 Å². The van der Waals surface area contributed by atoms with Crippen LogP contribution < -0.4 is 0 Å². The fourth-order valence-corrected chi connectivity index (χ4v) is 2.50. The summed E-state index contributed by atoms with van der Waals surface area (Å²) in [6, 6.07) is 0. The van der Waals surface area contributed by atoms with Crippen molar-refractivity contribution in [3.8, 4) is 0 Å². The molecule has 1 aliphatic heterocycles. The number of thioether (sulfide) groups is 1. The van der Waals surface area contributed by atoms with Crippen molar-refractivity contribution in [2.45, 2.75) is 30.8 Å². The highest BCUT2D eigenvalue weighted by Crippen LogP contribution is 2.29. The van der Waals surface area contributed by atoms with Crippen LogP contribution in [0.5, 0.6) is 0 Å². The molecule has 0 bridgehead atoms. The second kappa shape index (κ2) is 5.46. The number of nitrogens with zero attached hydrogens (tertiary/aromatic N) is 1. The summed E-state index contributed by atoms with van der Waals surface area (Å²) in [7, 11) is 0. The van der Waals surface area contributed by atoms with Crippen LogP contribution in [0.3, 0.4) is 0 Å². The van der Waals surface area contributed by atoms with Gasteiger partial charge in [0, 0.05) is 5.75 Å². The Labute approximate surface area is 96.7 Å². The fourth-order valence-electron chi connectivity index (χ4n) is 1.00. The first-order valence-electron chi connectivity index (χ1n) is 4.39. The van der Waals surface area contributed by atoms with Crippen LogP contribution in [0, 0.1) is 0 Å². The monoisotopic (exact) mass is 253 g/mol. The van der Waals surface area contributed by atoms with E-state index in [0.717, 1.165) is 0 Å². The topological polar surface area (TPSA) is 68.1 Å². The minimum Gasteiger partial charge on any atom is -0.432 e. The third-order valence-corrected chi connectivity index (χ3v) is 3.33. The van der Waals surface area contributed by atoms with Crippen LogP contribution in [0.2, 0.25) is 0 Å². The molecule has 0 aromatic rings. The molecule has 1 fully saturated rings. The lowest BCUT2D eigenvalue weighted by Crippen LogP contribution is -2.26. The molecule has 2 atom stereocenters. The number of ether oxygens (including phenoxy) is 2. The van der Waals surface area contributed by atoms with Gasteiger partial charge in [-0.1, -0.05) is 5.16 Å². The standard InChI is InChI=1S/C8H12ClNO4S/c1-4(2)13-8(11)14-7-6(10-12)5(9)3-15-7/h4-5,7,12H,3H2,1-2H3. The summed E-state index contributed by atoms with van der Waals surface area (Å²) in [4.78, 5) is 11.1. The van der Waals surface area contributed by atoms with Gasteiger partial charge in [0.1, 0.15) is 5.71 Å². The smallest absolute Gasteiger partial charge is 0.432 e. The molecule has 1 aliphatic rings. The van der Waals surface area contributed by atoms with Crippen molar-refractivity contribution < 1.29 is 19.5 Å². The van der Waals surface area contributed by atoms with E-state index in [1.807, 2.05) is 0 Å². The number of hydrogen-bond acceptors (Lipinski definition) is 6. The van der Waals surface area contributed by atoms with Gasteiger partial charge in [-0.15, -0.1) is 23.4 Å². The van der Waals surface area contributed by atoms with Crippen LogP contribution in [-0.4, -0.2) is 39.7 Å². The maximum absolute atomic E-state index is 11.1. The molecule has 0 aromatic carbocycles. The minimum atomic E-state index is -0.783. The predicted octanol–water partition coefficient (Wildman–Crippen LogP) is 2.06. The van der Waals surface area contributed by atoms with Gasteiger partial charge in [0.2, 0.25) is 0 Å². The quantitative estimate of drug-likeness (QED) is 0.353. The Kier molecular flexibility index (Phi) is 4.53. The van der Waals surface area contributed by atoms with Gasteiger partial charge < -0.3 is 14.7 Å². The largest absolute Gasteiger partial charge is 0.510 e. The average molecular weight is 254 g/mol. The summed E-state index contributed by atoms with van der Waals surface area (Å²) < 4.78 is 9.71. The van der Waals surface area contributed by atoms with Crippen molar-refractivity contribution in [1.82, 2.24) is 0 Å². The van der Waals surface area contributed by atoms with Crippen molar-refractivity contribution in [3.05, 3.63) is 0 Å². The Balaban J connectivity index is 2.49. The molecule has 5 nitrogen and oxygen atoms in total. The molecule has 0 aromatic heterocycles. The van der Waals surface area contributed by atoms with E-state index in [1.54, 1.807) is 13.8 Å². The average Bonchev–Trinajstić information content (AvgIpc) is 2.45. The molecule has 0 spiro atoms. The highest BCUT2D eigenvalue weighted by Gasteiger charge is 2.35. The summed E-state index contributed by atoms with van der Waals surface area (Å²) in [5, 5.41) is 11.3. The highest BCUT2D eigenvalue weighted by molar-refractivity contribution is 8.01. The zero-order valence-electron chi connectivity index (χ0n) is 8.34. The Bertz CT molecular complexity index is 271. The number of carbonyl (C=O) groups is 1. The van der Waals surface area contributed by atoms with Gasteiger partial charge in [0.15, 0.2) is 5.44 Å². The van der Waals surface area contributed by atoms with Crippen LogP contribution >= 0.6 is 23.4 Å². The Morgan fingerprint density at radius 3 is 2.93 bits per heavy atom. The normalized spacial score (nSPS) is 28.4. The van der Waals surface area contributed by atoms with Gasteiger partial charge in [-0.2, -0.15) is 0 Å². The van der Waals surface area contributed by atoms with Crippen molar-refractivity contribution in [1.29, 1.82) is 0 Å². The van der Waals surface area contributed by atoms with E-state index < -0.39 is 17.0 Å². The van der Waals surface area contributed by atoms with Gasteiger partial charge in [0.05, 0.1) is 11.5 Å². The molecule has 15 heavy (non-hydrogen) atoms. The fraction of sp³-hybridized carbons (Fsp3) is 0.750. The van der Waals surface area contributed by atoms with Crippen molar-refractivity contribution >= 4 is 35.2 Å². The summed E-state index contributed by atoms with van der Waals surface area (Å²) >= 11 is 7.11.